The molecule has 1 rings (SSSR count). The van der Waals surface area contributed by atoms with Crippen LogP contribution in [-0.2, 0) is 22.7 Å². The third-order valence-electron chi connectivity index (χ3n) is 2.18. The van der Waals surface area contributed by atoms with E-state index in [1.165, 1.54) is 0 Å². The Morgan fingerprint density at radius 2 is 1.84 bits per heavy atom. The summed E-state index contributed by atoms with van der Waals surface area (Å²) in [6.45, 7) is -0.953. The first-order valence-corrected chi connectivity index (χ1v) is 6.14. The number of rotatable bonds is 3. The van der Waals surface area contributed by atoms with Gasteiger partial charge in [0.15, 0.2) is 0 Å². The summed E-state index contributed by atoms with van der Waals surface area (Å²) in [5.41, 5.74) is 0.877. The molecule has 19 heavy (non-hydrogen) atoms. The molecule has 4 N–H and O–H groups in total. The van der Waals surface area contributed by atoms with Crippen LogP contribution in [-0.4, -0.2) is 13.4 Å². The van der Waals surface area contributed by atoms with Crippen LogP contribution in [0.15, 0.2) is 11.1 Å². The lowest BCUT2D eigenvalue weighted by molar-refractivity contribution is -0.142. The van der Waals surface area contributed by atoms with E-state index in [0.29, 0.717) is 0 Å². The van der Waals surface area contributed by atoms with Crippen LogP contribution in [0.25, 0.3) is 0 Å². The molecule has 11 heteroatoms. The number of primary sulfonamides is 1. The van der Waals surface area contributed by atoms with Crippen molar-refractivity contribution in [3.8, 4) is 0 Å². The minimum Gasteiger partial charge on any atom is -0.326 e. The van der Waals surface area contributed by atoms with E-state index in [1.807, 2.05) is 0 Å². The van der Waals surface area contributed by atoms with Crippen LogP contribution in [0, 0.1) is 0 Å². The van der Waals surface area contributed by atoms with Gasteiger partial charge in [0.2, 0.25) is 10.0 Å². The number of sulfonamides is 1. The van der Waals surface area contributed by atoms with Gasteiger partial charge in [-0.3, -0.25) is 4.98 Å². The zero-order chi connectivity index (χ0) is 15.0. The molecule has 1 heterocycles. The highest BCUT2D eigenvalue weighted by Gasteiger charge is 2.39. The molecule has 0 aromatic carbocycles. The summed E-state index contributed by atoms with van der Waals surface area (Å²) in [5.74, 6) is 0. The smallest absolute Gasteiger partial charge is 0.326 e. The van der Waals surface area contributed by atoms with E-state index >= 15 is 0 Å². The largest absolute Gasteiger partial charge is 0.433 e. The van der Waals surface area contributed by atoms with Crippen molar-refractivity contribution >= 4 is 10.0 Å². The van der Waals surface area contributed by atoms with Crippen molar-refractivity contribution in [2.45, 2.75) is 24.0 Å². The van der Waals surface area contributed by atoms with Crippen molar-refractivity contribution < 1.29 is 30.4 Å². The molecule has 0 saturated heterocycles. The van der Waals surface area contributed by atoms with Crippen molar-refractivity contribution in [3.05, 3.63) is 23.0 Å². The Bertz CT molecular complexity index is 585. The van der Waals surface area contributed by atoms with Gasteiger partial charge >= 0.3 is 6.18 Å². The number of nitrogens with zero attached hydrogens (tertiary/aromatic N) is 1. The number of halogens is 5. The van der Waals surface area contributed by atoms with Crippen molar-refractivity contribution in [1.29, 1.82) is 0 Å². The highest BCUT2D eigenvalue weighted by atomic mass is 32.2. The highest BCUT2D eigenvalue weighted by Crippen LogP contribution is 2.37. The fourth-order valence-corrected chi connectivity index (χ4v) is 2.18. The molecule has 0 spiro atoms. The first-order chi connectivity index (χ1) is 8.50. The number of alkyl halides is 5. The average molecular weight is 305 g/mol. The van der Waals surface area contributed by atoms with Gasteiger partial charge in [-0.1, -0.05) is 0 Å². The quantitative estimate of drug-likeness (QED) is 0.818. The maximum Gasteiger partial charge on any atom is 0.433 e. The molecule has 0 amide bonds. The van der Waals surface area contributed by atoms with Crippen LogP contribution in [0.1, 0.15) is 23.2 Å². The molecule has 0 aliphatic carbocycles. The van der Waals surface area contributed by atoms with Gasteiger partial charge < -0.3 is 5.73 Å². The highest BCUT2D eigenvalue weighted by molar-refractivity contribution is 7.89. The lowest BCUT2D eigenvalue weighted by atomic mass is 10.1. The van der Waals surface area contributed by atoms with Gasteiger partial charge in [0, 0.05) is 23.9 Å². The average Bonchev–Trinajstić information content (AvgIpc) is 2.24. The number of pyridine rings is 1. The van der Waals surface area contributed by atoms with Crippen molar-refractivity contribution in [3.63, 3.8) is 0 Å². The minimum absolute atomic E-state index is 0.152. The van der Waals surface area contributed by atoms with E-state index in [4.69, 9.17) is 5.73 Å². The molecule has 0 bridgehead atoms. The zero-order valence-electron chi connectivity index (χ0n) is 9.08. The van der Waals surface area contributed by atoms with Crippen LogP contribution in [0.5, 0.6) is 0 Å². The third-order valence-corrected chi connectivity index (χ3v) is 3.12. The molecule has 0 radical (unpaired) electrons. The Kier molecular flexibility index (Phi) is 4.12. The lowest BCUT2D eigenvalue weighted by Crippen LogP contribution is -2.22. The monoisotopic (exact) mass is 305 g/mol. The molecule has 0 atom stereocenters. The second kappa shape index (κ2) is 4.98. The van der Waals surface area contributed by atoms with Gasteiger partial charge in [0.05, 0.1) is 0 Å². The summed E-state index contributed by atoms with van der Waals surface area (Å²) < 4.78 is 85.4. The van der Waals surface area contributed by atoms with Crippen LogP contribution in [0.4, 0.5) is 22.0 Å². The fraction of sp³-hybridized carbons (Fsp3) is 0.375. The summed E-state index contributed by atoms with van der Waals surface area (Å²) in [6.07, 6.45) is -8.37. The van der Waals surface area contributed by atoms with Crippen molar-refractivity contribution in [1.82, 2.24) is 4.98 Å². The first kappa shape index (κ1) is 15.7. The summed E-state index contributed by atoms with van der Waals surface area (Å²) >= 11 is 0. The molecule has 1 aromatic rings. The van der Waals surface area contributed by atoms with E-state index in [1.54, 1.807) is 0 Å². The molecule has 0 saturated carbocycles. The number of hydrogen-bond donors (Lipinski definition) is 2. The molecule has 0 aliphatic rings. The van der Waals surface area contributed by atoms with E-state index in [0.717, 1.165) is 0 Å². The zero-order valence-corrected chi connectivity index (χ0v) is 9.89. The van der Waals surface area contributed by atoms with Gasteiger partial charge in [-0.2, -0.15) is 13.2 Å². The molecule has 1 aromatic heterocycles. The molecular formula is C8H8F5N3O2S. The number of aromatic nitrogens is 1. The van der Waals surface area contributed by atoms with Gasteiger partial charge in [-0.25, -0.2) is 22.3 Å². The maximum atomic E-state index is 12.8. The SMILES string of the molecule is NCc1c(C(F)(F)F)ncc(S(N)(=O)=O)c1C(F)F. The number of nitrogens with two attached hydrogens (primary N) is 2. The van der Waals surface area contributed by atoms with Crippen molar-refractivity contribution in [2.24, 2.45) is 10.9 Å². The van der Waals surface area contributed by atoms with Gasteiger partial charge in [0.1, 0.15) is 10.6 Å². The Morgan fingerprint density at radius 3 is 2.16 bits per heavy atom. The Labute approximate surface area is 104 Å². The first-order valence-electron chi connectivity index (χ1n) is 4.60. The minimum atomic E-state index is -5.03. The second-order valence-electron chi connectivity index (χ2n) is 3.41. The molecule has 0 fully saturated rings. The third kappa shape index (κ3) is 3.16. The summed E-state index contributed by atoms with van der Waals surface area (Å²) in [7, 11) is -4.64. The van der Waals surface area contributed by atoms with E-state index in [-0.39, 0.29) is 6.20 Å². The van der Waals surface area contributed by atoms with E-state index in [2.05, 4.69) is 10.1 Å². The van der Waals surface area contributed by atoms with Gasteiger partial charge in [-0.05, 0) is 0 Å². The Hall–Kier alpha value is -1.33. The topological polar surface area (TPSA) is 99.1 Å². The molecular weight excluding hydrogens is 297 g/mol. The van der Waals surface area contributed by atoms with E-state index < -0.39 is 50.9 Å². The van der Waals surface area contributed by atoms with Crippen LogP contribution < -0.4 is 10.9 Å². The van der Waals surface area contributed by atoms with E-state index in [9.17, 15) is 30.4 Å². The fourth-order valence-electron chi connectivity index (χ4n) is 1.46. The van der Waals surface area contributed by atoms with Crippen LogP contribution in [0.3, 0.4) is 0 Å². The molecule has 5 nitrogen and oxygen atoms in total. The van der Waals surface area contributed by atoms with Crippen LogP contribution >= 0.6 is 0 Å². The summed E-state index contributed by atoms with van der Waals surface area (Å²) in [6, 6.07) is 0. The summed E-state index contributed by atoms with van der Waals surface area (Å²) in [5, 5.41) is 4.65. The summed E-state index contributed by atoms with van der Waals surface area (Å²) in [4.78, 5) is 1.66. The molecule has 0 unspecified atom stereocenters. The lowest BCUT2D eigenvalue weighted by Gasteiger charge is -2.16. The normalized spacial score (nSPS) is 13.1. The second-order valence-corrected chi connectivity index (χ2v) is 4.94. The standard InChI is InChI=1S/C8H8F5N3O2S/c9-7(10)5-3(1-14)6(8(11,12)13)16-2-4(5)19(15,17)18/h2,7H,1,14H2,(H2,15,17,18). The molecule has 108 valence electrons. The Balaban J connectivity index is 3.77. The van der Waals surface area contributed by atoms with Gasteiger partial charge in [0.25, 0.3) is 6.43 Å². The van der Waals surface area contributed by atoms with Gasteiger partial charge in [-0.15, -0.1) is 0 Å². The Morgan fingerprint density at radius 1 is 1.32 bits per heavy atom. The predicted octanol–water partition coefficient (Wildman–Crippen LogP) is 1.14. The predicted molar refractivity (Wildman–Crippen MR) is 53.5 cm³/mol. The van der Waals surface area contributed by atoms with Crippen LogP contribution in [0.2, 0.25) is 0 Å². The number of hydrogen-bond acceptors (Lipinski definition) is 4. The van der Waals surface area contributed by atoms with Crippen molar-refractivity contribution in [2.75, 3.05) is 0 Å². The molecule has 0 aliphatic heterocycles. The maximum absolute atomic E-state index is 12.8.